The van der Waals surface area contributed by atoms with Crippen LogP contribution >= 0.6 is 0 Å². The summed E-state index contributed by atoms with van der Waals surface area (Å²) in [4.78, 5) is 10.5. The van der Waals surface area contributed by atoms with Crippen LogP contribution in [0, 0.1) is 0 Å². The second-order valence-corrected chi connectivity index (χ2v) is 6.75. The molecule has 1 aromatic heterocycles. The number of carboxylic acid groups (broad SMARTS) is 1. The van der Waals surface area contributed by atoms with Crippen LogP contribution in [0.1, 0.15) is 32.1 Å². The van der Waals surface area contributed by atoms with Crippen LogP contribution < -0.4 is 4.72 Å². The third kappa shape index (κ3) is 4.68. The van der Waals surface area contributed by atoms with E-state index in [2.05, 4.69) is 15.9 Å². The smallest absolute Gasteiger partial charge is 0.305 e. The van der Waals surface area contributed by atoms with Gasteiger partial charge in [0, 0.05) is 12.7 Å². The van der Waals surface area contributed by atoms with Gasteiger partial charge in [0.1, 0.15) is 4.90 Å². The molecule has 8 heteroatoms. The highest BCUT2D eigenvalue weighted by atomic mass is 32.2. The Morgan fingerprint density at radius 3 is 2.95 bits per heavy atom. The molecule has 0 spiro atoms. The molecule has 7 nitrogen and oxygen atoms in total. The summed E-state index contributed by atoms with van der Waals surface area (Å²) in [6.07, 6.45) is 8.66. The Kier molecular flexibility index (Phi) is 5.13. The first-order valence-electron chi connectivity index (χ1n) is 6.89. The van der Waals surface area contributed by atoms with Gasteiger partial charge in [-0.3, -0.25) is 9.48 Å². The molecule has 1 aromatic rings. The first-order chi connectivity index (χ1) is 9.97. The van der Waals surface area contributed by atoms with Crippen LogP contribution in [-0.4, -0.2) is 35.8 Å². The monoisotopic (exact) mass is 313 g/mol. The van der Waals surface area contributed by atoms with Crippen LogP contribution in [0.3, 0.4) is 0 Å². The summed E-state index contributed by atoms with van der Waals surface area (Å²) in [6.45, 7) is 0.520. The number of sulfonamides is 1. The Bertz CT molecular complexity index is 634. The predicted molar refractivity (Wildman–Crippen MR) is 76.2 cm³/mol. The summed E-state index contributed by atoms with van der Waals surface area (Å²) >= 11 is 0. The number of carboxylic acids is 1. The van der Waals surface area contributed by atoms with Crippen LogP contribution in [0.25, 0.3) is 0 Å². The van der Waals surface area contributed by atoms with Crippen molar-refractivity contribution in [3.05, 3.63) is 24.0 Å². The minimum absolute atomic E-state index is 0.0632. The second kappa shape index (κ2) is 6.86. The van der Waals surface area contributed by atoms with Crippen LogP contribution in [0.15, 0.2) is 28.9 Å². The van der Waals surface area contributed by atoms with E-state index < -0.39 is 16.0 Å². The van der Waals surface area contributed by atoms with Crippen LogP contribution in [0.5, 0.6) is 0 Å². The van der Waals surface area contributed by atoms with Gasteiger partial charge in [-0.1, -0.05) is 11.6 Å². The summed E-state index contributed by atoms with van der Waals surface area (Å²) in [5.74, 6) is -0.946. The van der Waals surface area contributed by atoms with E-state index in [0.29, 0.717) is 6.54 Å². The highest BCUT2D eigenvalue weighted by molar-refractivity contribution is 7.89. The third-order valence-corrected chi connectivity index (χ3v) is 4.76. The highest BCUT2D eigenvalue weighted by Gasteiger charge is 2.16. The minimum atomic E-state index is -3.58. The average Bonchev–Trinajstić information content (AvgIpc) is 3.07. The molecule has 2 rings (SSSR count). The van der Waals surface area contributed by atoms with E-state index in [1.165, 1.54) is 22.6 Å². The molecule has 0 aromatic carbocycles. The van der Waals surface area contributed by atoms with Gasteiger partial charge in [0.2, 0.25) is 10.0 Å². The first-order valence-corrected chi connectivity index (χ1v) is 8.37. The third-order valence-electron chi connectivity index (χ3n) is 3.35. The summed E-state index contributed by atoms with van der Waals surface area (Å²) in [6, 6.07) is 0. The highest BCUT2D eigenvalue weighted by Crippen LogP contribution is 2.20. The van der Waals surface area contributed by atoms with Crippen LogP contribution in [0.2, 0.25) is 0 Å². The van der Waals surface area contributed by atoms with Gasteiger partial charge in [-0.15, -0.1) is 0 Å². The molecule has 0 saturated carbocycles. The molecule has 1 aliphatic rings. The Labute approximate surface area is 123 Å². The van der Waals surface area contributed by atoms with Gasteiger partial charge < -0.3 is 5.11 Å². The van der Waals surface area contributed by atoms with E-state index in [-0.39, 0.29) is 17.9 Å². The fourth-order valence-corrected chi connectivity index (χ4v) is 3.19. The van der Waals surface area contributed by atoms with E-state index in [1.54, 1.807) is 0 Å². The van der Waals surface area contributed by atoms with E-state index in [0.717, 1.165) is 25.7 Å². The van der Waals surface area contributed by atoms with Crippen molar-refractivity contribution in [2.75, 3.05) is 6.54 Å². The molecule has 1 heterocycles. The number of carbonyl (C=O) groups is 1. The number of nitrogens with one attached hydrogen (secondary N) is 1. The zero-order chi connectivity index (χ0) is 15.3. The molecule has 0 fully saturated rings. The molecule has 0 aliphatic heterocycles. The van der Waals surface area contributed by atoms with Crippen molar-refractivity contribution >= 4 is 16.0 Å². The fraction of sp³-hybridized carbons (Fsp3) is 0.538. The quantitative estimate of drug-likeness (QED) is 0.701. The van der Waals surface area contributed by atoms with Gasteiger partial charge in [-0.25, -0.2) is 13.1 Å². The van der Waals surface area contributed by atoms with Gasteiger partial charge in [0.25, 0.3) is 0 Å². The Hall–Kier alpha value is -1.67. The van der Waals surface area contributed by atoms with Gasteiger partial charge in [-0.2, -0.15) is 5.10 Å². The van der Waals surface area contributed by atoms with Crippen LogP contribution in [-0.2, 0) is 21.4 Å². The summed E-state index contributed by atoms with van der Waals surface area (Å²) < 4.78 is 28.0. The molecule has 0 unspecified atom stereocenters. The number of aliphatic carboxylic acids is 1. The van der Waals surface area contributed by atoms with Crippen molar-refractivity contribution < 1.29 is 18.3 Å². The average molecular weight is 313 g/mol. The molecule has 2 N–H and O–H groups in total. The molecule has 0 atom stereocenters. The van der Waals surface area contributed by atoms with Crippen molar-refractivity contribution in [2.45, 2.75) is 43.5 Å². The number of aryl methyl sites for hydroxylation is 1. The second-order valence-electron chi connectivity index (χ2n) is 4.99. The lowest BCUT2D eigenvalue weighted by Gasteiger charge is -2.05. The number of aromatic nitrogens is 2. The fourth-order valence-electron chi connectivity index (χ4n) is 2.21. The molecular weight excluding hydrogens is 294 g/mol. The van der Waals surface area contributed by atoms with Gasteiger partial charge in [0.05, 0.1) is 19.2 Å². The lowest BCUT2D eigenvalue weighted by atomic mass is 10.2. The van der Waals surface area contributed by atoms with Crippen molar-refractivity contribution in [1.29, 1.82) is 0 Å². The molecule has 1 aliphatic carbocycles. The zero-order valence-electron chi connectivity index (χ0n) is 11.7. The Balaban J connectivity index is 1.88. The van der Waals surface area contributed by atoms with E-state index >= 15 is 0 Å². The van der Waals surface area contributed by atoms with Gasteiger partial charge in [0.15, 0.2) is 0 Å². The molecule has 0 bridgehead atoms. The summed E-state index contributed by atoms with van der Waals surface area (Å²) in [5.41, 5.74) is 1.30. The number of allylic oxidation sites excluding steroid dienone is 1. The molecule has 21 heavy (non-hydrogen) atoms. The molecule has 0 radical (unpaired) electrons. The minimum Gasteiger partial charge on any atom is -0.481 e. The maximum atomic E-state index is 12.1. The van der Waals surface area contributed by atoms with Crippen LogP contribution in [0.4, 0.5) is 0 Å². The van der Waals surface area contributed by atoms with Gasteiger partial charge in [-0.05, 0) is 25.7 Å². The predicted octanol–water partition coefficient (Wildman–Crippen LogP) is 1.14. The SMILES string of the molecule is O=C(O)CCn1cc(S(=O)(=O)NCCC2=CCCC2)cn1. The first kappa shape index (κ1) is 15.7. The molecule has 0 saturated heterocycles. The standard InChI is InChI=1S/C13H19N3O4S/c17-13(18)6-8-16-10-12(9-14-16)21(19,20)15-7-5-11-3-1-2-4-11/h3,9-10,15H,1-2,4-8H2,(H,17,18). The maximum absolute atomic E-state index is 12.1. The van der Waals surface area contributed by atoms with E-state index in [4.69, 9.17) is 5.11 Å². The molecule has 0 amide bonds. The number of nitrogens with zero attached hydrogens (tertiary/aromatic N) is 2. The number of hydrogen-bond acceptors (Lipinski definition) is 4. The Morgan fingerprint density at radius 1 is 1.48 bits per heavy atom. The van der Waals surface area contributed by atoms with E-state index in [1.807, 2.05) is 0 Å². The maximum Gasteiger partial charge on any atom is 0.305 e. The lowest BCUT2D eigenvalue weighted by molar-refractivity contribution is -0.137. The lowest BCUT2D eigenvalue weighted by Crippen LogP contribution is -2.24. The topological polar surface area (TPSA) is 101 Å². The van der Waals surface area contributed by atoms with Gasteiger partial charge >= 0.3 is 5.97 Å². The molecular formula is C13H19N3O4S. The molecule has 116 valence electrons. The summed E-state index contributed by atoms with van der Waals surface area (Å²) in [5, 5.41) is 12.4. The van der Waals surface area contributed by atoms with Crippen molar-refractivity contribution in [2.24, 2.45) is 0 Å². The number of rotatable bonds is 8. The van der Waals surface area contributed by atoms with Crippen molar-refractivity contribution in [3.8, 4) is 0 Å². The normalized spacial score (nSPS) is 15.1. The zero-order valence-corrected chi connectivity index (χ0v) is 12.5. The summed E-state index contributed by atoms with van der Waals surface area (Å²) in [7, 11) is -3.58. The number of hydrogen-bond donors (Lipinski definition) is 2. The van der Waals surface area contributed by atoms with E-state index in [9.17, 15) is 13.2 Å². The largest absolute Gasteiger partial charge is 0.481 e. The van der Waals surface area contributed by atoms with Crippen molar-refractivity contribution in [3.63, 3.8) is 0 Å². The Morgan fingerprint density at radius 2 is 2.29 bits per heavy atom. The van der Waals surface area contributed by atoms with Crippen molar-refractivity contribution in [1.82, 2.24) is 14.5 Å².